The summed E-state index contributed by atoms with van der Waals surface area (Å²) in [4.78, 5) is 21.0. The predicted octanol–water partition coefficient (Wildman–Crippen LogP) is 5.02. The van der Waals surface area contributed by atoms with E-state index in [4.69, 9.17) is 14.6 Å². The molecule has 3 rings (SSSR count). The lowest BCUT2D eigenvalue weighted by Gasteiger charge is -2.05. The van der Waals surface area contributed by atoms with E-state index in [1.165, 1.54) is 16.7 Å². The molecule has 0 aliphatic rings. The van der Waals surface area contributed by atoms with Crippen LogP contribution in [0.2, 0.25) is 0 Å². The molecule has 0 bridgehead atoms. The van der Waals surface area contributed by atoms with E-state index in [1.54, 1.807) is 11.3 Å². The van der Waals surface area contributed by atoms with Crippen LogP contribution < -0.4 is 0 Å². The van der Waals surface area contributed by atoms with Gasteiger partial charge < -0.3 is 0 Å². The second-order valence-corrected chi connectivity index (χ2v) is 6.12. The zero-order chi connectivity index (χ0) is 16.7. The van der Waals surface area contributed by atoms with Crippen LogP contribution >= 0.6 is 11.3 Å². The molecular formula is C19H17NO2S. The van der Waals surface area contributed by atoms with E-state index < -0.39 is 0 Å². The number of carbonyl (C=O) groups excluding carboxylic acids is 2. The van der Waals surface area contributed by atoms with Gasteiger partial charge >= 0.3 is 6.15 Å². The second-order valence-electron chi connectivity index (χ2n) is 5.26. The molecule has 0 saturated heterocycles. The average Bonchev–Trinajstić information content (AvgIpc) is 3.06. The number of benzene rings is 2. The van der Waals surface area contributed by atoms with Gasteiger partial charge in [-0.25, -0.2) is 4.98 Å². The smallest absolute Gasteiger partial charge is 0.236 e. The molecule has 4 heteroatoms. The Morgan fingerprint density at radius 2 is 1.52 bits per heavy atom. The zero-order valence-corrected chi connectivity index (χ0v) is 13.8. The van der Waals surface area contributed by atoms with E-state index in [0.29, 0.717) is 5.92 Å². The van der Waals surface area contributed by atoms with Crippen molar-refractivity contribution in [1.82, 2.24) is 4.98 Å². The summed E-state index contributed by atoms with van der Waals surface area (Å²) in [6.45, 7) is 4.43. The molecule has 23 heavy (non-hydrogen) atoms. The lowest BCUT2D eigenvalue weighted by molar-refractivity contribution is -0.191. The Hall–Kier alpha value is -2.55. The van der Waals surface area contributed by atoms with Gasteiger partial charge in [-0.3, -0.25) is 0 Å². The first-order chi connectivity index (χ1) is 11.2. The van der Waals surface area contributed by atoms with Crippen molar-refractivity contribution in [2.24, 2.45) is 0 Å². The summed E-state index contributed by atoms with van der Waals surface area (Å²) < 4.78 is 0. The average molecular weight is 323 g/mol. The van der Waals surface area contributed by atoms with Crippen LogP contribution in [-0.2, 0) is 9.59 Å². The molecule has 0 N–H and O–H groups in total. The van der Waals surface area contributed by atoms with Crippen molar-refractivity contribution in [3.8, 4) is 21.8 Å². The Balaban J connectivity index is 0.000000595. The quantitative estimate of drug-likeness (QED) is 0.680. The van der Waals surface area contributed by atoms with Crippen molar-refractivity contribution in [3.05, 3.63) is 65.5 Å². The molecule has 3 nitrogen and oxygen atoms in total. The van der Waals surface area contributed by atoms with Crippen LogP contribution in [0.1, 0.15) is 25.3 Å². The Morgan fingerprint density at radius 3 is 2.09 bits per heavy atom. The van der Waals surface area contributed by atoms with E-state index in [0.717, 1.165) is 10.7 Å². The van der Waals surface area contributed by atoms with Gasteiger partial charge in [0.2, 0.25) is 0 Å². The van der Waals surface area contributed by atoms with Crippen LogP contribution in [0.25, 0.3) is 21.8 Å². The molecule has 0 spiro atoms. The van der Waals surface area contributed by atoms with Gasteiger partial charge in [-0.15, -0.1) is 11.3 Å². The summed E-state index contributed by atoms with van der Waals surface area (Å²) in [5.74, 6) is 0.569. The number of hydrogen-bond donors (Lipinski definition) is 0. The minimum atomic E-state index is 0.250. The highest BCUT2D eigenvalue weighted by molar-refractivity contribution is 7.13. The number of hydrogen-bond acceptors (Lipinski definition) is 4. The Labute approximate surface area is 139 Å². The maximum absolute atomic E-state index is 8.12. The monoisotopic (exact) mass is 323 g/mol. The Bertz CT molecular complexity index is 771. The van der Waals surface area contributed by atoms with E-state index in [1.807, 2.05) is 18.2 Å². The van der Waals surface area contributed by atoms with Crippen molar-refractivity contribution in [2.75, 3.05) is 0 Å². The molecule has 116 valence electrons. The molecule has 3 aromatic rings. The maximum atomic E-state index is 8.12. The number of rotatable bonds is 3. The first kappa shape index (κ1) is 16.8. The molecular weight excluding hydrogens is 306 g/mol. The lowest BCUT2D eigenvalue weighted by atomic mass is 10.0. The van der Waals surface area contributed by atoms with Gasteiger partial charge in [0, 0.05) is 16.5 Å². The van der Waals surface area contributed by atoms with Crippen molar-refractivity contribution in [2.45, 2.75) is 19.8 Å². The van der Waals surface area contributed by atoms with Gasteiger partial charge in [-0.1, -0.05) is 68.4 Å². The van der Waals surface area contributed by atoms with E-state index in [-0.39, 0.29) is 6.15 Å². The van der Waals surface area contributed by atoms with Crippen LogP contribution in [0.3, 0.4) is 0 Å². The van der Waals surface area contributed by atoms with E-state index in [2.05, 4.69) is 55.6 Å². The fraction of sp³-hybridized carbons (Fsp3) is 0.158. The SMILES string of the molecule is CC(C)c1ccc(-c2csc(-c3ccccc3)n2)cc1.O=C=O. The summed E-state index contributed by atoms with van der Waals surface area (Å²) in [6, 6.07) is 19.1. The molecule has 2 aromatic carbocycles. The fourth-order valence-corrected chi connectivity index (χ4v) is 2.99. The molecule has 0 radical (unpaired) electrons. The zero-order valence-electron chi connectivity index (χ0n) is 13.0. The van der Waals surface area contributed by atoms with E-state index >= 15 is 0 Å². The van der Waals surface area contributed by atoms with Gasteiger partial charge in [0.05, 0.1) is 5.69 Å². The largest absolute Gasteiger partial charge is 0.373 e. The highest BCUT2D eigenvalue weighted by Gasteiger charge is 2.07. The molecule has 0 atom stereocenters. The molecule has 0 aliphatic heterocycles. The third kappa shape index (κ3) is 4.46. The lowest BCUT2D eigenvalue weighted by Crippen LogP contribution is -1.86. The predicted molar refractivity (Wildman–Crippen MR) is 92.1 cm³/mol. The Kier molecular flexibility index (Phi) is 5.98. The molecule has 1 heterocycles. The third-order valence-electron chi connectivity index (χ3n) is 3.40. The van der Waals surface area contributed by atoms with Gasteiger partial charge in [-0.2, -0.15) is 9.59 Å². The van der Waals surface area contributed by atoms with Gasteiger partial charge in [0.25, 0.3) is 0 Å². The fourth-order valence-electron chi connectivity index (χ4n) is 2.16. The summed E-state index contributed by atoms with van der Waals surface area (Å²) in [6.07, 6.45) is 0.250. The minimum Gasteiger partial charge on any atom is -0.236 e. The van der Waals surface area contributed by atoms with E-state index in [9.17, 15) is 0 Å². The molecule has 0 unspecified atom stereocenters. The van der Waals surface area contributed by atoms with Crippen LogP contribution in [0.5, 0.6) is 0 Å². The number of nitrogens with zero attached hydrogens (tertiary/aromatic N) is 1. The van der Waals surface area contributed by atoms with Crippen molar-refractivity contribution in [3.63, 3.8) is 0 Å². The standard InChI is InChI=1S/C18H17NS.CO2/c1-13(2)14-8-10-15(11-9-14)17-12-20-18(19-17)16-6-4-3-5-7-16;2-1-3/h3-13H,1-2H3;. The van der Waals surface area contributed by atoms with Crippen LogP contribution in [-0.4, -0.2) is 11.1 Å². The summed E-state index contributed by atoms with van der Waals surface area (Å²) in [5, 5.41) is 3.21. The van der Waals surface area contributed by atoms with Crippen molar-refractivity contribution >= 4 is 17.5 Å². The second kappa shape index (κ2) is 8.18. The van der Waals surface area contributed by atoms with Crippen LogP contribution in [0, 0.1) is 0 Å². The van der Waals surface area contributed by atoms with Gasteiger partial charge in [0.1, 0.15) is 5.01 Å². The highest BCUT2D eigenvalue weighted by atomic mass is 32.1. The molecule has 0 aliphatic carbocycles. The number of aromatic nitrogens is 1. The van der Waals surface area contributed by atoms with Crippen molar-refractivity contribution < 1.29 is 9.59 Å². The Morgan fingerprint density at radius 1 is 0.913 bits per heavy atom. The molecule has 0 fully saturated rings. The van der Waals surface area contributed by atoms with Crippen molar-refractivity contribution in [1.29, 1.82) is 0 Å². The summed E-state index contributed by atoms with van der Waals surface area (Å²) >= 11 is 1.70. The molecule has 1 aromatic heterocycles. The first-order valence-electron chi connectivity index (χ1n) is 7.26. The van der Waals surface area contributed by atoms with Gasteiger partial charge in [-0.05, 0) is 11.5 Å². The minimum absolute atomic E-state index is 0.250. The molecule has 0 saturated carbocycles. The highest BCUT2D eigenvalue weighted by Crippen LogP contribution is 2.29. The first-order valence-corrected chi connectivity index (χ1v) is 8.14. The van der Waals surface area contributed by atoms with Crippen LogP contribution in [0.15, 0.2) is 60.0 Å². The summed E-state index contributed by atoms with van der Waals surface area (Å²) in [5.41, 5.74) is 4.80. The van der Waals surface area contributed by atoms with Crippen LogP contribution in [0.4, 0.5) is 0 Å². The van der Waals surface area contributed by atoms with Gasteiger partial charge in [0.15, 0.2) is 0 Å². The maximum Gasteiger partial charge on any atom is 0.373 e. The number of thiazole rings is 1. The third-order valence-corrected chi connectivity index (χ3v) is 4.29. The molecule has 0 amide bonds. The summed E-state index contributed by atoms with van der Waals surface area (Å²) in [7, 11) is 0. The topological polar surface area (TPSA) is 47.0 Å². The normalized spacial score (nSPS) is 9.87.